The van der Waals surface area contributed by atoms with Crippen LogP contribution in [0.5, 0.6) is 0 Å². The summed E-state index contributed by atoms with van der Waals surface area (Å²) in [6.45, 7) is 15.2. The van der Waals surface area contributed by atoms with Crippen LogP contribution in [0.1, 0.15) is 123 Å². The molecule has 0 fully saturated rings. The van der Waals surface area contributed by atoms with Crippen molar-refractivity contribution in [1.29, 1.82) is 5.41 Å². The third-order valence-corrected chi connectivity index (χ3v) is 5.62. The van der Waals surface area contributed by atoms with Crippen molar-refractivity contribution in [3.8, 4) is 0 Å². The average Bonchev–Trinajstić information content (AvgIpc) is 3.06. The van der Waals surface area contributed by atoms with E-state index >= 15 is 0 Å². The first-order valence-corrected chi connectivity index (χ1v) is 15.9. The van der Waals surface area contributed by atoms with Gasteiger partial charge in [0.15, 0.2) is 0 Å². The fourth-order valence-corrected chi connectivity index (χ4v) is 3.34. The molecule has 0 amide bonds. The van der Waals surface area contributed by atoms with Crippen LogP contribution in [0.25, 0.3) is 0 Å². The van der Waals surface area contributed by atoms with E-state index in [0.29, 0.717) is 0 Å². The summed E-state index contributed by atoms with van der Waals surface area (Å²) in [4.78, 5) is 26.4. The quantitative estimate of drug-likeness (QED) is 0.131. The summed E-state index contributed by atoms with van der Waals surface area (Å²) >= 11 is 0. The summed E-state index contributed by atoms with van der Waals surface area (Å²) in [5.74, 6) is -0.786. The topological polar surface area (TPSA) is 95.3 Å². The van der Waals surface area contributed by atoms with Crippen LogP contribution in [0, 0.1) is 12.3 Å². The molecule has 0 aromatic heterocycles. The van der Waals surface area contributed by atoms with E-state index in [1.165, 1.54) is 77.0 Å². The molecule has 0 unspecified atom stereocenters. The van der Waals surface area contributed by atoms with Crippen LogP contribution >= 0.6 is 0 Å². The second-order valence-electron chi connectivity index (χ2n) is 9.61. The molecule has 0 atom stereocenters. The zero-order valence-electron chi connectivity index (χ0n) is 30.4. The molecule has 0 bridgehead atoms. The van der Waals surface area contributed by atoms with Crippen molar-refractivity contribution in [2.24, 2.45) is 0 Å². The SMILES string of the molecule is C.C=N.CCCCCCCC.CCCCCCCC.O=C(O)Cc1ccccc1.O=C=O.[CH2-]c1ccccc1.[Cl-].[Na+].[Na+].c1ccccc1. The summed E-state index contributed by atoms with van der Waals surface area (Å²) in [6, 6.07) is 31.0. The van der Waals surface area contributed by atoms with Gasteiger partial charge in [-0.3, -0.25) is 4.79 Å². The van der Waals surface area contributed by atoms with Crippen molar-refractivity contribution >= 4 is 18.8 Å². The Morgan fingerprint density at radius 1 is 0.604 bits per heavy atom. The minimum atomic E-state index is -0.786. The van der Waals surface area contributed by atoms with Crippen molar-refractivity contribution in [2.45, 2.75) is 119 Å². The summed E-state index contributed by atoms with van der Waals surface area (Å²) in [6.07, 6.45) is 17.3. The fraction of sp³-hybridized carbons (Fsp3) is 0.450. The van der Waals surface area contributed by atoms with Gasteiger partial charge in [-0.1, -0.05) is 185 Å². The predicted octanol–water partition coefficient (Wildman–Crippen LogP) is 2.93. The number of carbonyl (C=O) groups is 1. The molecule has 0 saturated heterocycles. The molecule has 0 aliphatic carbocycles. The van der Waals surface area contributed by atoms with Crippen molar-refractivity contribution in [2.75, 3.05) is 0 Å². The third kappa shape index (κ3) is 70.6. The number of halogens is 1. The van der Waals surface area contributed by atoms with E-state index in [-0.39, 0.29) is 91.5 Å². The smallest absolute Gasteiger partial charge is 1.00 e. The molecule has 0 saturated carbocycles. The number of nitrogens with one attached hydrogen (secondary N) is 1. The molecule has 3 rings (SSSR count). The number of rotatable bonds is 12. The van der Waals surface area contributed by atoms with Gasteiger partial charge in [0.2, 0.25) is 0 Å². The average molecular weight is 704 g/mol. The van der Waals surface area contributed by atoms with Gasteiger partial charge < -0.3 is 22.9 Å². The van der Waals surface area contributed by atoms with Crippen molar-refractivity contribution in [3.63, 3.8) is 0 Å². The van der Waals surface area contributed by atoms with Gasteiger partial charge in [0.1, 0.15) is 0 Å². The maximum Gasteiger partial charge on any atom is 1.00 e. The molecular weight excluding hydrogens is 640 g/mol. The Hall–Kier alpha value is -1.66. The van der Waals surface area contributed by atoms with Gasteiger partial charge in [-0.25, -0.2) is 0 Å². The molecule has 5 nitrogen and oxygen atoms in total. The third-order valence-electron chi connectivity index (χ3n) is 5.62. The molecule has 2 N–H and O–H groups in total. The minimum Gasteiger partial charge on any atom is -1.00 e. The largest absolute Gasteiger partial charge is 1.00 e. The number of carboxylic acid groups (broad SMARTS) is 1. The van der Waals surface area contributed by atoms with Crippen molar-refractivity contribution < 1.29 is 91.0 Å². The Morgan fingerprint density at radius 2 is 0.833 bits per heavy atom. The van der Waals surface area contributed by atoms with Crippen LogP contribution in [0.3, 0.4) is 0 Å². The summed E-state index contributed by atoms with van der Waals surface area (Å²) in [7, 11) is 0. The standard InChI is InChI=1S/C8H8O2.2C8H18.C7H7.C6H6.CH3N.CO2.CH4.ClH.2Na/c9-8(10)6-7-4-2-1-3-5-7;2*1-3-5-7-8-6-4-2;1-7-5-3-2-4-6-7;1-2-4-6-5-3-1;1-2;2-1-3;;;;/h1-5H,6H2,(H,9,10);2*3-8H2,1-2H3;2-6H,1H2;1-6H;2H,1H2;;1H4;1H;;/q;;;-1;;;;;;2*+1/p-1. The van der Waals surface area contributed by atoms with E-state index in [9.17, 15) is 4.79 Å². The molecular formula is C40H64ClNNa2O4. The number of hydrogen-bond donors (Lipinski definition) is 2. The Balaban J connectivity index is -0.0000000662. The molecule has 3 aromatic rings. The number of hydrogen-bond acceptors (Lipinski definition) is 4. The van der Waals surface area contributed by atoms with Crippen LogP contribution in [0.4, 0.5) is 0 Å². The summed E-state index contributed by atoms with van der Waals surface area (Å²) < 4.78 is 0. The van der Waals surface area contributed by atoms with E-state index in [4.69, 9.17) is 20.1 Å². The van der Waals surface area contributed by atoms with E-state index in [1.54, 1.807) is 12.1 Å². The fourth-order valence-electron chi connectivity index (χ4n) is 3.34. The summed E-state index contributed by atoms with van der Waals surface area (Å²) in [5.41, 5.74) is 1.91. The molecule has 0 radical (unpaired) electrons. The second-order valence-corrected chi connectivity index (χ2v) is 9.61. The zero-order valence-corrected chi connectivity index (χ0v) is 35.2. The van der Waals surface area contributed by atoms with Gasteiger partial charge in [0.05, 0.1) is 6.42 Å². The van der Waals surface area contributed by atoms with Gasteiger partial charge in [-0.05, 0) is 12.3 Å². The van der Waals surface area contributed by atoms with E-state index in [0.717, 1.165) is 11.1 Å². The van der Waals surface area contributed by atoms with Gasteiger partial charge in [-0.2, -0.15) is 34.2 Å². The van der Waals surface area contributed by atoms with E-state index in [2.05, 4.69) is 41.3 Å². The Morgan fingerprint density at radius 3 is 1.02 bits per heavy atom. The van der Waals surface area contributed by atoms with Crippen LogP contribution < -0.4 is 71.5 Å². The molecule has 48 heavy (non-hydrogen) atoms. The Labute approximate surface area is 346 Å². The molecule has 0 spiro atoms. The Kier molecular flexibility index (Phi) is 86.3. The van der Waals surface area contributed by atoms with Gasteiger partial charge in [-0.15, -0.1) is 12.1 Å². The number of aliphatic carboxylic acids is 1. The monoisotopic (exact) mass is 703 g/mol. The Bertz CT molecular complexity index is 897. The molecule has 0 aliphatic rings. The van der Waals surface area contributed by atoms with Crippen LogP contribution in [-0.2, 0) is 20.8 Å². The minimum absolute atomic E-state index is 0. The number of benzene rings is 3. The van der Waals surface area contributed by atoms with Crippen LogP contribution in [-0.4, -0.2) is 23.9 Å². The maximum absolute atomic E-state index is 10.2. The molecule has 0 aliphatic heterocycles. The zero-order chi connectivity index (χ0) is 33.9. The van der Waals surface area contributed by atoms with E-state index < -0.39 is 5.97 Å². The second kappa shape index (κ2) is 63.9. The maximum atomic E-state index is 10.2. The number of unbranched alkanes of at least 4 members (excludes halogenated alkanes) is 10. The number of carbonyl (C=O) groups excluding carboxylic acids is 2. The summed E-state index contributed by atoms with van der Waals surface area (Å²) in [5, 5.41) is 13.9. The molecule has 3 aromatic carbocycles. The molecule has 262 valence electrons. The normalized spacial score (nSPS) is 7.67. The van der Waals surface area contributed by atoms with Gasteiger partial charge in [0.25, 0.3) is 0 Å². The van der Waals surface area contributed by atoms with Crippen molar-refractivity contribution in [1.82, 2.24) is 0 Å². The van der Waals surface area contributed by atoms with Crippen LogP contribution in [0.15, 0.2) is 97.1 Å². The van der Waals surface area contributed by atoms with Gasteiger partial charge >= 0.3 is 71.2 Å². The predicted molar refractivity (Wildman–Crippen MR) is 195 cm³/mol. The van der Waals surface area contributed by atoms with E-state index in [1.807, 2.05) is 84.9 Å². The first kappa shape index (κ1) is 64.8. The first-order chi connectivity index (χ1) is 21.4. The van der Waals surface area contributed by atoms with Gasteiger partial charge in [0, 0.05) is 0 Å². The first-order valence-electron chi connectivity index (χ1n) is 15.9. The molecule has 0 heterocycles. The number of carboxylic acids is 1. The molecule has 8 heteroatoms. The van der Waals surface area contributed by atoms with Crippen molar-refractivity contribution in [3.05, 3.63) is 115 Å². The van der Waals surface area contributed by atoms with Crippen LogP contribution in [0.2, 0.25) is 0 Å².